The summed E-state index contributed by atoms with van der Waals surface area (Å²) in [6.45, 7) is 4.31. The predicted molar refractivity (Wildman–Crippen MR) is 68.9 cm³/mol. The summed E-state index contributed by atoms with van der Waals surface area (Å²) in [5, 5.41) is 4.42. The lowest BCUT2D eigenvalue weighted by atomic mass is 10.1. The van der Waals surface area contributed by atoms with Gasteiger partial charge in [0.25, 0.3) is 0 Å². The van der Waals surface area contributed by atoms with Gasteiger partial charge in [0.15, 0.2) is 0 Å². The van der Waals surface area contributed by atoms with E-state index in [-0.39, 0.29) is 0 Å². The van der Waals surface area contributed by atoms with Gasteiger partial charge in [0.05, 0.1) is 4.83 Å². The lowest BCUT2D eigenvalue weighted by molar-refractivity contribution is 1.21. The molecule has 0 N–H and O–H groups in total. The molecule has 1 unspecified atom stereocenters. The second kappa shape index (κ2) is 4.17. The Morgan fingerprint density at radius 2 is 2.00 bits per heavy atom. The largest absolute Gasteiger partial charge is 0.152 e. The molecule has 1 atom stereocenters. The standard InChI is InChI=1S/C11H11BrS2/c1-7-5-13-6-9(7)11(12)10-4-3-8(2)14-10/h3-6,11H,1-2H3. The van der Waals surface area contributed by atoms with Crippen LogP contribution in [0.25, 0.3) is 0 Å². The maximum absolute atomic E-state index is 3.75. The van der Waals surface area contributed by atoms with E-state index >= 15 is 0 Å². The fourth-order valence-corrected chi connectivity index (χ4v) is 4.23. The molecule has 0 aliphatic carbocycles. The van der Waals surface area contributed by atoms with Gasteiger partial charge in [0.2, 0.25) is 0 Å². The molecule has 2 aromatic heterocycles. The van der Waals surface area contributed by atoms with Crippen molar-refractivity contribution in [3.8, 4) is 0 Å². The zero-order valence-corrected chi connectivity index (χ0v) is 11.3. The monoisotopic (exact) mass is 286 g/mol. The molecular formula is C11H11BrS2. The van der Waals surface area contributed by atoms with E-state index in [2.05, 4.69) is 52.7 Å². The normalized spacial score (nSPS) is 13.1. The SMILES string of the molecule is Cc1ccc(C(Br)c2cscc2C)s1. The predicted octanol–water partition coefficient (Wildman–Crippen LogP) is 4.91. The lowest BCUT2D eigenvalue weighted by Gasteiger charge is -2.06. The summed E-state index contributed by atoms with van der Waals surface area (Å²) in [7, 11) is 0. The van der Waals surface area contributed by atoms with Gasteiger partial charge in [0, 0.05) is 9.75 Å². The summed E-state index contributed by atoms with van der Waals surface area (Å²) in [6.07, 6.45) is 0. The Hall–Kier alpha value is -0.120. The minimum Gasteiger partial charge on any atom is -0.152 e. The zero-order chi connectivity index (χ0) is 10.1. The summed E-state index contributed by atoms with van der Waals surface area (Å²) in [5.41, 5.74) is 2.78. The van der Waals surface area contributed by atoms with Crippen LogP contribution in [0.2, 0.25) is 0 Å². The number of aryl methyl sites for hydroxylation is 2. The fourth-order valence-electron chi connectivity index (χ4n) is 1.37. The quantitative estimate of drug-likeness (QED) is 0.688. The number of hydrogen-bond donors (Lipinski definition) is 0. The number of rotatable bonds is 2. The second-order valence-corrected chi connectivity index (χ2v) is 6.30. The lowest BCUT2D eigenvalue weighted by Crippen LogP contribution is -1.88. The van der Waals surface area contributed by atoms with Crippen molar-refractivity contribution in [1.29, 1.82) is 0 Å². The van der Waals surface area contributed by atoms with E-state index < -0.39 is 0 Å². The van der Waals surface area contributed by atoms with Gasteiger partial charge in [-0.3, -0.25) is 0 Å². The van der Waals surface area contributed by atoms with E-state index in [1.165, 1.54) is 20.9 Å². The average Bonchev–Trinajstić information content (AvgIpc) is 2.73. The van der Waals surface area contributed by atoms with Crippen LogP contribution in [-0.2, 0) is 0 Å². The molecule has 0 spiro atoms. The van der Waals surface area contributed by atoms with E-state index in [9.17, 15) is 0 Å². The van der Waals surface area contributed by atoms with Gasteiger partial charge in [0.1, 0.15) is 0 Å². The third-order valence-electron chi connectivity index (χ3n) is 2.18. The highest BCUT2D eigenvalue weighted by Crippen LogP contribution is 2.37. The van der Waals surface area contributed by atoms with Gasteiger partial charge < -0.3 is 0 Å². The summed E-state index contributed by atoms with van der Waals surface area (Å²) in [4.78, 5) is 3.13. The van der Waals surface area contributed by atoms with Crippen LogP contribution in [0.3, 0.4) is 0 Å². The molecule has 2 aromatic rings. The second-order valence-electron chi connectivity index (χ2n) is 3.32. The number of halogens is 1. The Balaban J connectivity index is 2.33. The van der Waals surface area contributed by atoms with Gasteiger partial charge in [-0.05, 0) is 47.9 Å². The molecule has 0 nitrogen and oxygen atoms in total. The van der Waals surface area contributed by atoms with Gasteiger partial charge in [-0.2, -0.15) is 11.3 Å². The molecule has 2 heterocycles. The maximum Gasteiger partial charge on any atom is 0.0748 e. The highest BCUT2D eigenvalue weighted by molar-refractivity contribution is 9.09. The van der Waals surface area contributed by atoms with Crippen LogP contribution in [0.15, 0.2) is 22.9 Å². The topological polar surface area (TPSA) is 0 Å². The average molecular weight is 287 g/mol. The summed E-state index contributed by atoms with van der Waals surface area (Å²) >= 11 is 7.39. The Bertz CT molecular complexity index is 428. The summed E-state index contributed by atoms with van der Waals surface area (Å²) < 4.78 is 0. The van der Waals surface area contributed by atoms with Gasteiger partial charge in [-0.25, -0.2) is 0 Å². The number of hydrogen-bond acceptors (Lipinski definition) is 2. The van der Waals surface area contributed by atoms with Gasteiger partial charge in [-0.15, -0.1) is 11.3 Å². The first kappa shape index (κ1) is 10.4. The highest BCUT2D eigenvalue weighted by atomic mass is 79.9. The Kier molecular flexibility index (Phi) is 3.10. The molecule has 0 aromatic carbocycles. The van der Waals surface area contributed by atoms with Crippen LogP contribution in [0.4, 0.5) is 0 Å². The van der Waals surface area contributed by atoms with Crippen molar-refractivity contribution in [3.63, 3.8) is 0 Å². The molecule has 0 bridgehead atoms. The summed E-state index contributed by atoms with van der Waals surface area (Å²) in [5.74, 6) is 0. The van der Waals surface area contributed by atoms with Crippen molar-refractivity contribution in [1.82, 2.24) is 0 Å². The fraction of sp³-hybridized carbons (Fsp3) is 0.273. The molecule has 0 saturated carbocycles. The molecule has 3 heteroatoms. The molecule has 0 saturated heterocycles. The van der Waals surface area contributed by atoms with E-state index in [1.807, 2.05) is 11.3 Å². The molecule has 14 heavy (non-hydrogen) atoms. The van der Waals surface area contributed by atoms with Crippen LogP contribution in [-0.4, -0.2) is 0 Å². The molecule has 2 rings (SSSR count). The third kappa shape index (κ3) is 1.95. The maximum atomic E-state index is 3.75. The Morgan fingerprint density at radius 3 is 2.50 bits per heavy atom. The molecule has 0 amide bonds. The first-order valence-electron chi connectivity index (χ1n) is 4.41. The van der Waals surface area contributed by atoms with Crippen molar-refractivity contribution in [2.45, 2.75) is 18.7 Å². The smallest absolute Gasteiger partial charge is 0.0748 e. The van der Waals surface area contributed by atoms with Crippen LogP contribution in [0.1, 0.15) is 25.7 Å². The molecule has 0 aliphatic rings. The summed E-state index contributed by atoms with van der Waals surface area (Å²) in [6, 6.07) is 4.38. The molecule has 0 fully saturated rings. The highest BCUT2D eigenvalue weighted by Gasteiger charge is 2.14. The van der Waals surface area contributed by atoms with E-state index in [1.54, 1.807) is 11.3 Å². The van der Waals surface area contributed by atoms with Crippen molar-refractivity contribution in [2.24, 2.45) is 0 Å². The van der Waals surface area contributed by atoms with E-state index in [0.29, 0.717) is 4.83 Å². The first-order valence-corrected chi connectivity index (χ1v) is 7.09. The molecule has 0 aliphatic heterocycles. The van der Waals surface area contributed by atoms with Crippen molar-refractivity contribution >= 4 is 38.6 Å². The first-order chi connectivity index (χ1) is 6.68. The third-order valence-corrected chi connectivity index (χ3v) is 5.41. The minimum absolute atomic E-state index is 0.368. The van der Waals surface area contributed by atoms with Gasteiger partial charge >= 0.3 is 0 Å². The molecule has 0 radical (unpaired) electrons. The van der Waals surface area contributed by atoms with Crippen molar-refractivity contribution in [3.05, 3.63) is 43.8 Å². The van der Waals surface area contributed by atoms with Crippen molar-refractivity contribution < 1.29 is 0 Å². The Labute approximate surface area is 101 Å². The van der Waals surface area contributed by atoms with Crippen LogP contribution < -0.4 is 0 Å². The van der Waals surface area contributed by atoms with E-state index in [4.69, 9.17) is 0 Å². The van der Waals surface area contributed by atoms with Gasteiger partial charge in [-0.1, -0.05) is 15.9 Å². The van der Waals surface area contributed by atoms with Crippen LogP contribution >= 0.6 is 38.6 Å². The number of alkyl halides is 1. The zero-order valence-electron chi connectivity index (χ0n) is 8.08. The van der Waals surface area contributed by atoms with Crippen molar-refractivity contribution in [2.75, 3.05) is 0 Å². The van der Waals surface area contributed by atoms with Crippen LogP contribution in [0, 0.1) is 13.8 Å². The molecule has 74 valence electrons. The molecular weight excluding hydrogens is 276 g/mol. The Morgan fingerprint density at radius 1 is 1.21 bits per heavy atom. The van der Waals surface area contributed by atoms with Crippen LogP contribution in [0.5, 0.6) is 0 Å². The van der Waals surface area contributed by atoms with E-state index in [0.717, 1.165) is 0 Å². The minimum atomic E-state index is 0.368. The number of thiophene rings is 2.